The highest BCUT2D eigenvalue weighted by atomic mass is 35.5. The number of aryl methyl sites for hydroxylation is 1. The average Bonchev–Trinajstić information content (AvgIpc) is 2.61. The summed E-state index contributed by atoms with van der Waals surface area (Å²) >= 11 is 5.59. The van der Waals surface area contributed by atoms with Gasteiger partial charge in [0, 0.05) is 18.8 Å². The Morgan fingerprint density at radius 3 is 2.47 bits per heavy atom. The Morgan fingerprint density at radius 2 is 2.00 bits per heavy atom. The Morgan fingerprint density at radius 1 is 1.29 bits per heavy atom. The molecule has 0 aromatic carbocycles. The molecule has 0 saturated heterocycles. The highest BCUT2D eigenvalue weighted by Crippen LogP contribution is 2.31. The summed E-state index contributed by atoms with van der Waals surface area (Å²) in [4.78, 5) is 3.79. The molecule has 3 nitrogen and oxygen atoms in total. The Labute approximate surface area is 99.8 Å². The molecule has 0 amide bonds. The lowest BCUT2D eigenvalue weighted by molar-refractivity contribution is -0.143. The van der Waals surface area contributed by atoms with E-state index in [1.165, 1.54) is 19.3 Å². The molecule has 0 unspecified atom stereocenters. The first kappa shape index (κ1) is 11.9. The lowest BCUT2D eigenvalue weighted by Gasteiger charge is -2.04. The summed E-state index contributed by atoms with van der Waals surface area (Å²) in [6.45, 7) is 0. The van der Waals surface area contributed by atoms with Crippen LogP contribution < -0.4 is 0 Å². The lowest BCUT2D eigenvalue weighted by atomic mass is 10.2. The van der Waals surface area contributed by atoms with Crippen molar-refractivity contribution in [2.24, 2.45) is 7.05 Å². The summed E-state index contributed by atoms with van der Waals surface area (Å²) in [5.74, 6) is 0. The van der Waals surface area contributed by atoms with Crippen molar-refractivity contribution in [2.75, 3.05) is 0 Å². The zero-order chi connectivity index (χ0) is 12.6. The van der Waals surface area contributed by atoms with Crippen molar-refractivity contribution in [2.45, 2.75) is 6.18 Å². The topological polar surface area (TPSA) is 30.7 Å². The van der Waals surface area contributed by atoms with Gasteiger partial charge in [-0.2, -0.15) is 18.3 Å². The quantitative estimate of drug-likeness (QED) is 0.738. The van der Waals surface area contributed by atoms with E-state index in [2.05, 4.69) is 10.1 Å². The van der Waals surface area contributed by atoms with Crippen molar-refractivity contribution < 1.29 is 13.2 Å². The highest BCUT2D eigenvalue weighted by Gasteiger charge is 2.35. The molecule has 0 bridgehead atoms. The summed E-state index contributed by atoms with van der Waals surface area (Å²) in [5, 5.41) is 4.07. The zero-order valence-corrected chi connectivity index (χ0v) is 9.42. The molecule has 2 aromatic heterocycles. The molecule has 2 aromatic rings. The number of aromatic nitrogens is 3. The summed E-state index contributed by atoms with van der Waals surface area (Å²) in [7, 11) is 1.25. The van der Waals surface area contributed by atoms with Crippen molar-refractivity contribution in [3.05, 3.63) is 35.2 Å². The van der Waals surface area contributed by atoms with Gasteiger partial charge in [-0.15, -0.1) is 0 Å². The number of pyridine rings is 1. The van der Waals surface area contributed by atoms with Crippen LogP contribution in [0.2, 0.25) is 5.15 Å². The van der Waals surface area contributed by atoms with Crippen LogP contribution in [0.15, 0.2) is 24.4 Å². The Hall–Kier alpha value is -1.56. The van der Waals surface area contributed by atoms with Gasteiger partial charge in [0.1, 0.15) is 10.8 Å². The zero-order valence-electron chi connectivity index (χ0n) is 8.66. The smallest absolute Gasteiger partial charge is 0.263 e. The molecule has 0 radical (unpaired) electrons. The standard InChI is InChI=1S/C10H7ClF3N3/c1-17-8(10(12,13)14)4-7(16-17)6-2-3-9(11)15-5-6/h2-5H,1H3. The SMILES string of the molecule is Cn1nc(-c2ccc(Cl)nc2)cc1C(F)(F)F. The van der Waals surface area contributed by atoms with Gasteiger partial charge >= 0.3 is 6.18 Å². The van der Waals surface area contributed by atoms with Gasteiger partial charge < -0.3 is 0 Å². The van der Waals surface area contributed by atoms with Gasteiger partial charge in [0.15, 0.2) is 0 Å². The number of hydrogen-bond acceptors (Lipinski definition) is 2. The largest absolute Gasteiger partial charge is 0.433 e. The van der Waals surface area contributed by atoms with E-state index >= 15 is 0 Å². The molecule has 0 N–H and O–H groups in total. The molecule has 0 saturated carbocycles. The Balaban J connectivity index is 2.45. The third-order valence-corrected chi connectivity index (χ3v) is 2.42. The van der Waals surface area contributed by atoms with E-state index in [0.29, 0.717) is 5.56 Å². The van der Waals surface area contributed by atoms with E-state index in [4.69, 9.17) is 11.6 Å². The van der Waals surface area contributed by atoms with Crippen LogP contribution in [-0.4, -0.2) is 14.8 Å². The van der Waals surface area contributed by atoms with Gasteiger partial charge in [-0.1, -0.05) is 11.6 Å². The molecule has 0 aliphatic heterocycles. The van der Waals surface area contributed by atoms with Crippen LogP contribution in [0, 0.1) is 0 Å². The van der Waals surface area contributed by atoms with Crippen LogP contribution in [0.5, 0.6) is 0 Å². The van der Waals surface area contributed by atoms with Crippen molar-refractivity contribution in [1.82, 2.24) is 14.8 Å². The lowest BCUT2D eigenvalue weighted by Crippen LogP contribution is -2.11. The molecule has 0 aliphatic carbocycles. The molecule has 7 heteroatoms. The maximum Gasteiger partial charge on any atom is 0.433 e. The summed E-state index contributed by atoms with van der Waals surface area (Å²) in [6, 6.07) is 4.04. The predicted molar refractivity (Wildman–Crippen MR) is 56.5 cm³/mol. The molecule has 17 heavy (non-hydrogen) atoms. The van der Waals surface area contributed by atoms with Gasteiger partial charge in [-0.25, -0.2) is 4.98 Å². The first-order valence-corrected chi connectivity index (χ1v) is 4.99. The molecule has 2 rings (SSSR count). The molecule has 90 valence electrons. The molecular formula is C10H7ClF3N3. The monoisotopic (exact) mass is 261 g/mol. The second-order valence-electron chi connectivity index (χ2n) is 3.41. The van der Waals surface area contributed by atoms with E-state index in [-0.39, 0.29) is 10.8 Å². The van der Waals surface area contributed by atoms with Crippen molar-refractivity contribution in [3.8, 4) is 11.3 Å². The summed E-state index contributed by atoms with van der Waals surface area (Å²) < 4.78 is 38.4. The normalized spacial score (nSPS) is 11.8. The molecule has 0 atom stereocenters. The molecule has 0 spiro atoms. The third kappa shape index (κ3) is 2.41. The van der Waals surface area contributed by atoms with E-state index in [0.717, 1.165) is 10.7 Å². The van der Waals surface area contributed by atoms with Crippen LogP contribution in [-0.2, 0) is 13.2 Å². The number of rotatable bonds is 1. The number of alkyl halides is 3. The Kier molecular flexibility index (Phi) is 2.82. The van der Waals surface area contributed by atoms with E-state index in [1.54, 1.807) is 6.07 Å². The Bertz CT molecular complexity index is 531. The minimum Gasteiger partial charge on any atom is -0.263 e. The van der Waals surface area contributed by atoms with Crippen LogP contribution in [0.25, 0.3) is 11.3 Å². The predicted octanol–water partition coefficient (Wildman–Crippen LogP) is 3.15. The fourth-order valence-corrected chi connectivity index (χ4v) is 1.51. The van der Waals surface area contributed by atoms with Crippen LogP contribution in [0.4, 0.5) is 13.2 Å². The maximum absolute atomic E-state index is 12.5. The highest BCUT2D eigenvalue weighted by molar-refractivity contribution is 6.29. The number of nitrogens with zero attached hydrogens (tertiary/aromatic N) is 3. The minimum atomic E-state index is -4.42. The molecule has 0 fully saturated rings. The van der Waals surface area contributed by atoms with Gasteiger partial charge in [0.05, 0.1) is 5.69 Å². The van der Waals surface area contributed by atoms with E-state index in [9.17, 15) is 13.2 Å². The minimum absolute atomic E-state index is 0.212. The van der Waals surface area contributed by atoms with Gasteiger partial charge in [-0.05, 0) is 18.2 Å². The van der Waals surface area contributed by atoms with Crippen molar-refractivity contribution in [3.63, 3.8) is 0 Å². The number of hydrogen-bond donors (Lipinski definition) is 0. The molecule has 0 aliphatic rings. The van der Waals surface area contributed by atoms with Gasteiger partial charge in [0.2, 0.25) is 0 Å². The average molecular weight is 262 g/mol. The van der Waals surface area contributed by atoms with Gasteiger partial charge in [-0.3, -0.25) is 4.68 Å². The first-order chi connectivity index (χ1) is 7.88. The van der Waals surface area contributed by atoms with E-state index < -0.39 is 11.9 Å². The van der Waals surface area contributed by atoms with E-state index in [1.807, 2.05) is 0 Å². The fourth-order valence-electron chi connectivity index (χ4n) is 1.40. The van der Waals surface area contributed by atoms with Crippen molar-refractivity contribution >= 4 is 11.6 Å². The maximum atomic E-state index is 12.5. The van der Waals surface area contributed by atoms with Gasteiger partial charge in [0.25, 0.3) is 0 Å². The molecule has 2 heterocycles. The number of halogens is 4. The summed E-state index contributed by atoms with van der Waals surface area (Å²) in [5.41, 5.74) is -0.105. The third-order valence-electron chi connectivity index (χ3n) is 2.19. The first-order valence-electron chi connectivity index (χ1n) is 4.61. The second kappa shape index (κ2) is 4.03. The molecular weight excluding hydrogens is 255 g/mol. The second-order valence-corrected chi connectivity index (χ2v) is 3.79. The van der Waals surface area contributed by atoms with Crippen LogP contribution in [0.1, 0.15) is 5.69 Å². The fraction of sp³-hybridized carbons (Fsp3) is 0.200. The van der Waals surface area contributed by atoms with Crippen LogP contribution >= 0.6 is 11.6 Å². The van der Waals surface area contributed by atoms with Crippen LogP contribution in [0.3, 0.4) is 0 Å². The van der Waals surface area contributed by atoms with Crippen molar-refractivity contribution in [1.29, 1.82) is 0 Å². The summed E-state index contributed by atoms with van der Waals surface area (Å²) in [6.07, 6.45) is -3.04.